The third kappa shape index (κ3) is 2.14. The van der Waals surface area contributed by atoms with E-state index in [0.29, 0.717) is 6.42 Å². The smallest absolute Gasteiger partial charge is 0.250 e. The van der Waals surface area contributed by atoms with Gasteiger partial charge in [0.1, 0.15) is 12.1 Å². The summed E-state index contributed by atoms with van der Waals surface area (Å²) in [6, 6.07) is 6.63. The molecule has 108 valence electrons. The zero-order chi connectivity index (χ0) is 15.0. The minimum absolute atomic E-state index is 0.0780. The number of amides is 2. The Morgan fingerprint density at radius 1 is 1.29 bits per heavy atom. The number of piperazine rings is 1. The van der Waals surface area contributed by atoms with Crippen LogP contribution in [0.1, 0.15) is 20.3 Å². The Hall–Kier alpha value is -2.43. The third-order valence-electron chi connectivity index (χ3n) is 3.88. The van der Waals surface area contributed by atoms with Gasteiger partial charge in [-0.2, -0.15) is 0 Å². The van der Waals surface area contributed by atoms with E-state index in [0.717, 1.165) is 16.5 Å². The number of hydrogen-bond acceptors (Lipinski definition) is 3. The second kappa shape index (κ2) is 5.16. The van der Waals surface area contributed by atoms with Crippen LogP contribution in [0.2, 0.25) is 0 Å². The Labute approximate surface area is 123 Å². The predicted octanol–water partition coefficient (Wildman–Crippen LogP) is 1.86. The van der Waals surface area contributed by atoms with Gasteiger partial charge in [-0.05, 0) is 25.5 Å². The fourth-order valence-corrected chi connectivity index (χ4v) is 2.82. The number of anilines is 1. The van der Waals surface area contributed by atoms with Crippen LogP contribution in [0.3, 0.4) is 0 Å². The summed E-state index contributed by atoms with van der Waals surface area (Å²) >= 11 is 0. The molecule has 0 saturated carbocycles. The van der Waals surface area contributed by atoms with Gasteiger partial charge in [-0.3, -0.25) is 19.5 Å². The zero-order valence-electron chi connectivity index (χ0n) is 12.0. The Balaban J connectivity index is 2.18. The van der Waals surface area contributed by atoms with Gasteiger partial charge < -0.3 is 5.32 Å². The number of rotatable bonds is 2. The van der Waals surface area contributed by atoms with Crippen molar-refractivity contribution >= 4 is 28.3 Å². The van der Waals surface area contributed by atoms with Gasteiger partial charge in [0.2, 0.25) is 11.8 Å². The highest BCUT2D eigenvalue weighted by atomic mass is 16.2. The fraction of sp³-hybridized carbons (Fsp3) is 0.312. The first-order valence-electron chi connectivity index (χ1n) is 7.09. The predicted molar refractivity (Wildman–Crippen MR) is 80.9 cm³/mol. The second-order valence-corrected chi connectivity index (χ2v) is 5.24. The van der Waals surface area contributed by atoms with E-state index in [9.17, 15) is 9.59 Å². The first-order valence-corrected chi connectivity index (χ1v) is 7.09. The highest BCUT2D eigenvalue weighted by Gasteiger charge is 2.38. The lowest BCUT2D eigenvalue weighted by molar-refractivity contribution is -0.133. The molecule has 1 aliphatic heterocycles. The Morgan fingerprint density at radius 2 is 2.10 bits per heavy atom. The molecule has 2 amide bonds. The number of fused-ring (bicyclic) bond motifs is 1. The molecule has 0 bridgehead atoms. The second-order valence-electron chi connectivity index (χ2n) is 5.24. The molecule has 2 heterocycles. The average molecular weight is 283 g/mol. The molecule has 5 heteroatoms. The Morgan fingerprint density at radius 3 is 2.86 bits per heavy atom. The number of pyridine rings is 1. The number of carbonyl (C=O) groups excluding carboxylic acids is 2. The van der Waals surface area contributed by atoms with Gasteiger partial charge in [-0.1, -0.05) is 19.1 Å². The SMILES string of the molecule is CCC1C(=O)NC(C)C(=O)N1c1cccc2cnccc12. The van der Waals surface area contributed by atoms with E-state index in [-0.39, 0.29) is 11.8 Å². The molecule has 0 spiro atoms. The number of carbonyl (C=O) groups is 2. The molecule has 1 fully saturated rings. The van der Waals surface area contributed by atoms with Gasteiger partial charge in [-0.15, -0.1) is 0 Å². The zero-order valence-corrected chi connectivity index (χ0v) is 12.0. The normalized spacial score (nSPS) is 22.5. The van der Waals surface area contributed by atoms with E-state index < -0.39 is 12.1 Å². The van der Waals surface area contributed by atoms with Crippen LogP contribution in [0.5, 0.6) is 0 Å². The van der Waals surface area contributed by atoms with Crippen molar-refractivity contribution in [2.24, 2.45) is 0 Å². The van der Waals surface area contributed by atoms with E-state index in [1.165, 1.54) is 0 Å². The average Bonchev–Trinajstić information content (AvgIpc) is 2.50. The third-order valence-corrected chi connectivity index (χ3v) is 3.88. The van der Waals surface area contributed by atoms with Crippen LogP contribution in [0.25, 0.3) is 10.8 Å². The molecule has 0 aliphatic carbocycles. The topological polar surface area (TPSA) is 62.3 Å². The van der Waals surface area contributed by atoms with Crippen molar-refractivity contribution in [3.05, 3.63) is 36.7 Å². The van der Waals surface area contributed by atoms with Gasteiger partial charge in [0.25, 0.3) is 0 Å². The van der Waals surface area contributed by atoms with E-state index >= 15 is 0 Å². The van der Waals surface area contributed by atoms with Crippen LogP contribution >= 0.6 is 0 Å². The molecular formula is C16H17N3O2. The highest BCUT2D eigenvalue weighted by molar-refractivity contribution is 6.12. The number of nitrogens with one attached hydrogen (secondary N) is 1. The maximum atomic E-state index is 12.6. The standard InChI is InChI=1S/C16H17N3O2/c1-3-13-15(20)18-10(2)16(21)19(13)14-6-4-5-11-9-17-8-7-12(11)14/h4-10,13H,3H2,1-2H3,(H,18,20). The van der Waals surface area contributed by atoms with Crippen molar-refractivity contribution in [3.8, 4) is 0 Å². The van der Waals surface area contributed by atoms with E-state index in [1.54, 1.807) is 24.2 Å². The summed E-state index contributed by atoms with van der Waals surface area (Å²) in [6.07, 6.45) is 4.04. The fourth-order valence-electron chi connectivity index (χ4n) is 2.82. The molecule has 2 unspecified atom stereocenters. The van der Waals surface area contributed by atoms with Gasteiger partial charge in [0, 0.05) is 23.2 Å². The van der Waals surface area contributed by atoms with Crippen molar-refractivity contribution in [1.82, 2.24) is 10.3 Å². The summed E-state index contributed by atoms with van der Waals surface area (Å²) < 4.78 is 0. The summed E-state index contributed by atoms with van der Waals surface area (Å²) in [5, 5.41) is 4.62. The first-order chi connectivity index (χ1) is 10.1. The minimum Gasteiger partial charge on any atom is -0.343 e. The maximum Gasteiger partial charge on any atom is 0.250 e. The van der Waals surface area contributed by atoms with Crippen molar-refractivity contribution < 1.29 is 9.59 Å². The first kappa shape index (κ1) is 13.5. The van der Waals surface area contributed by atoms with Crippen LogP contribution in [-0.2, 0) is 9.59 Å². The highest BCUT2D eigenvalue weighted by Crippen LogP contribution is 2.30. The number of aromatic nitrogens is 1. The number of benzene rings is 1. The van der Waals surface area contributed by atoms with Crippen molar-refractivity contribution in [3.63, 3.8) is 0 Å². The minimum atomic E-state index is -0.502. The Kier molecular flexibility index (Phi) is 3.33. The van der Waals surface area contributed by atoms with Crippen LogP contribution in [0.4, 0.5) is 5.69 Å². The number of hydrogen-bond donors (Lipinski definition) is 1. The summed E-state index contributed by atoms with van der Waals surface area (Å²) in [5.41, 5.74) is 0.772. The van der Waals surface area contributed by atoms with E-state index in [1.807, 2.05) is 31.2 Å². The molecule has 1 aromatic heterocycles. The van der Waals surface area contributed by atoms with Gasteiger partial charge in [0.05, 0.1) is 5.69 Å². The van der Waals surface area contributed by atoms with Crippen molar-refractivity contribution in [2.45, 2.75) is 32.4 Å². The molecule has 3 rings (SSSR count). The quantitative estimate of drug-likeness (QED) is 0.915. The molecule has 2 aromatic rings. The van der Waals surface area contributed by atoms with E-state index in [4.69, 9.17) is 0 Å². The summed E-state index contributed by atoms with van der Waals surface area (Å²) in [4.78, 5) is 30.5. The lowest BCUT2D eigenvalue weighted by atomic mass is 10.0. The van der Waals surface area contributed by atoms with Crippen LogP contribution in [0.15, 0.2) is 36.7 Å². The van der Waals surface area contributed by atoms with Crippen molar-refractivity contribution in [2.75, 3.05) is 4.90 Å². The summed E-state index contributed by atoms with van der Waals surface area (Å²) in [6.45, 7) is 3.62. The molecule has 0 radical (unpaired) electrons. The van der Waals surface area contributed by atoms with Crippen LogP contribution in [0, 0.1) is 0 Å². The van der Waals surface area contributed by atoms with Crippen molar-refractivity contribution in [1.29, 1.82) is 0 Å². The molecule has 5 nitrogen and oxygen atoms in total. The van der Waals surface area contributed by atoms with Gasteiger partial charge in [0.15, 0.2) is 0 Å². The monoisotopic (exact) mass is 283 g/mol. The van der Waals surface area contributed by atoms with Crippen LogP contribution in [-0.4, -0.2) is 28.9 Å². The lowest BCUT2D eigenvalue weighted by Crippen LogP contribution is -2.62. The summed E-state index contributed by atoms with van der Waals surface area (Å²) in [5.74, 6) is -0.179. The molecular weight excluding hydrogens is 266 g/mol. The lowest BCUT2D eigenvalue weighted by Gasteiger charge is -2.38. The largest absolute Gasteiger partial charge is 0.343 e. The van der Waals surface area contributed by atoms with E-state index in [2.05, 4.69) is 10.3 Å². The summed E-state index contributed by atoms with van der Waals surface area (Å²) in [7, 11) is 0. The Bertz CT molecular complexity index is 708. The molecule has 21 heavy (non-hydrogen) atoms. The molecule has 1 saturated heterocycles. The molecule has 1 aromatic carbocycles. The van der Waals surface area contributed by atoms with Gasteiger partial charge in [-0.25, -0.2) is 0 Å². The molecule has 1 N–H and O–H groups in total. The maximum absolute atomic E-state index is 12.6. The van der Waals surface area contributed by atoms with Crippen LogP contribution < -0.4 is 10.2 Å². The molecule has 2 atom stereocenters. The molecule has 1 aliphatic rings. The number of nitrogens with zero attached hydrogens (tertiary/aromatic N) is 2. The van der Waals surface area contributed by atoms with Gasteiger partial charge >= 0.3 is 0 Å².